The number of benzene rings is 1. The van der Waals surface area contributed by atoms with Crippen molar-refractivity contribution in [1.82, 2.24) is 25.0 Å². The molecule has 0 unspecified atom stereocenters. The third-order valence-corrected chi connectivity index (χ3v) is 3.52. The minimum absolute atomic E-state index is 0.0468. The summed E-state index contributed by atoms with van der Waals surface area (Å²) in [6.45, 7) is 0.113. The molecule has 0 fully saturated rings. The number of aromatic nitrogens is 5. The third kappa shape index (κ3) is 2.32. The van der Waals surface area contributed by atoms with Crippen molar-refractivity contribution in [2.45, 2.75) is 6.54 Å². The number of nitrogens with two attached hydrogens (primary N) is 2. The molecule has 0 radical (unpaired) electrons. The molecule has 1 aromatic carbocycles. The molecule has 0 saturated heterocycles. The van der Waals surface area contributed by atoms with E-state index < -0.39 is 0 Å². The van der Waals surface area contributed by atoms with Crippen LogP contribution < -0.4 is 11.5 Å². The van der Waals surface area contributed by atoms with Crippen molar-refractivity contribution in [1.29, 1.82) is 0 Å². The molecule has 0 amide bonds. The molecule has 0 aliphatic rings. The molecule has 120 valence electrons. The van der Waals surface area contributed by atoms with Crippen LogP contribution in [0.2, 0.25) is 0 Å². The highest BCUT2D eigenvalue weighted by molar-refractivity contribution is 5.85. The van der Waals surface area contributed by atoms with E-state index >= 15 is 0 Å². The van der Waals surface area contributed by atoms with Crippen molar-refractivity contribution in [2.24, 2.45) is 0 Å². The Hall–Kier alpha value is -3.49. The monoisotopic (exact) mass is 325 g/mol. The van der Waals surface area contributed by atoms with Gasteiger partial charge in [0.15, 0.2) is 16.9 Å². The molecule has 3 heterocycles. The van der Waals surface area contributed by atoms with Crippen LogP contribution in [-0.4, -0.2) is 25.0 Å². The van der Waals surface area contributed by atoms with E-state index in [4.69, 9.17) is 15.9 Å². The summed E-state index contributed by atoms with van der Waals surface area (Å²) in [5.74, 6) is 0.155. The second-order valence-corrected chi connectivity index (χ2v) is 5.18. The number of nitrogens with zero attached hydrogens (tertiary/aromatic N) is 5. The number of nitrogen functional groups attached to an aromatic ring is 2. The zero-order valence-corrected chi connectivity index (χ0v) is 12.3. The van der Waals surface area contributed by atoms with Crippen LogP contribution in [0.15, 0.2) is 41.0 Å². The maximum Gasteiger partial charge on any atom is 0.222 e. The molecule has 0 spiro atoms. The minimum Gasteiger partial charge on any atom is -0.463 e. The Morgan fingerprint density at radius 2 is 2.04 bits per heavy atom. The van der Waals surface area contributed by atoms with E-state index in [1.54, 1.807) is 18.2 Å². The molecular weight excluding hydrogens is 313 g/mol. The highest BCUT2D eigenvalue weighted by Crippen LogP contribution is 2.26. The Balaban J connectivity index is 1.85. The SMILES string of the molecule is Nc1ccc(F)c(Cn2nnc3c(-c4ccco4)nc(N)nc32)c1. The summed E-state index contributed by atoms with van der Waals surface area (Å²) in [5.41, 5.74) is 13.6. The Bertz CT molecular complexity index is 1030. The smallest absolute Gasteiger partial charge is 0.222 e. The predicted octanol–water partition coefficient (Wildman–Crippen LogP) is 1.83. The third-order valence-electron chi connectivity index (χ3n) is 3.52. The van der Waals surface area contributed by atoms with Gasteiger partial charge in [-0.25, -0.2) is 14.1 Å². The maximum atomic E-state index is 14.0. The van der Waals surface area contributed by atoms with Crippen LogP contribution in [0.25, 0.3) is 22.6 Å². The van der Waals surface area contributed by atoms with E-state index in [0.29, 0.717) is 33.9 Å². The van der Waals surface area contributed by atoms with E-state index in [2.05, 4.69) is 20.3 Å². The second-order valence-electron chi connectivity index (χ2n) is 5.18. The topological polar surface area (TPSA) is 122 Å². The first kappa shape index (κ1) is 14.1. The zero-order chi connectivity index (χ0) is 16.7. The average Bonchev–Trinajstić information content (AvgIpc) is 3.21. The van der Waals surface area contributed by atoms with Gasteiger partial charge in [-0.15, -0.1) is 5.10 Å². The van der Waals surface area contributed by atoms with Gasteiger partial charge in [0.1, 0.15) is 11.5 Å². The molecular formula is C15H12FN7O. The van der Waals surface area contributed by atoms with Crippen molar-refractivity contribution in [3.63, 3.8) is 0 Å². The van der Waals surface area contributed by atoms with Gasteiger partial charge in [0.2, 0.25) is 5.95 Å². The van der Waals surface area contributed by atoms with Gasteiger partial charge >= 0.3 is 0 Å². The van der Waals surface area contributed by atoms with E-state index in [1.807, 2.05) is 0 Å². The van der Waals surface area contributed by atoms with Gasteiger partial charge in [-0.2, -0.15) is 4.98 Å². The van der Waals surface area contributed by atoms with Crippen LogP contribution in [0.3, 0.4) is 0 Å². The first-order valence-electron chi connectivity index (χ1n) is 7.06. The molecule has 24 heavy (non-hydrogen) atoms. The summed E-state index contributed by atoms with van der Waals surface area (Å²) in [4.78, 5) is 8.32. The van der Waals surface area contributed by atoms with Crippen molar-refractivity contribution in [3.05, 3.63) is 48.0 Å². The Kier molecular flexibility index (Phi) is 3.12. The summed E-state index contributed by atoms with van der Waals surface area (Å²) >= 11 is 0. The summed E-state index contributed by atoms with van der Waals surface area (Å²) < 4.78 is 20.7. The molecule has 9 heteroatoms. The van der Waals surface area contributed by atoms with E-state index in [0.717, 1.165) is 0 Å². The summed E-state index contributed by atoms with van der Waals surface area (Å²) in [7, 11) is 0. The maximum absolute atomic E-state index is 14.0. The number of anilines is 2. The largest absolute Gasteiger partial charge is 0.463 e. The number of hydrogen-bond acceptors (Lipinski definition) is 7. The first-order valence-corrected chi connectivity index (χ1v) is 7.06. The van der Waals surface area contributed by atoms with Crippen LogP contribution in [0.4, 0.5) is 16.0 Å². The Morgan fingerprint density at radius 1 is 1.17 bits per heavy atom. The Morgan fingerprint density at radius 3 is 2.83 bits per heavy atom. The van der Waals surface area contributed by atoms with Gasteiger partial charge in [-0.05, 0) is 30.3 Å². The van der Waals surface area contributed by atoms with Gasteiger partial charge < -0.3 is 15.9 Å². The summed E-state index contributed by atoms with van der Waals surface area (Å²) in [6, 6.07) is 7.81. The fraction of sp³-hybridized carbons (Fsp3) is 0.0667. The second kappa shape index (κ2) is 5.30. The lowest BCUT2D eigenvalue weighted by Gasteiger charge is -2.05. The number of hydrogen-bond donors (Lipinski definition) is 2. The van der Waals surface area contributed by atoms with Crippen molar-refractivity contribution >= 4 is 22.8 Å². The minimum atomic E-state index is -0.388. The molecule has 0 atom stereocenters. The van der Waals surface area contributed by atoms with Crippen molar-refractivity contribution in [2.75, 3.05) is 11.5 Å². The van der Waals surface area contributed by atoms with Crippen molar-refractivity contribution < 1.29 is 8.81 Å². The lowest BCUT2D eigenvalue weighted by Crippen LogP contribution is -2.07. The molecule has 0 aliphatic heterocycles. The van der Waals surface area contributed by atoms with Gasteiger partial charge in [0.05, 0.1) is 12.8 Å². The number of halogens is 1. The molecule has 8 nitrogen and oxygen atoms in total. The quantitative estimate of drug-likeness (QED) is 0.551. The lowest BCUT2D eigenvalue weighted by molar-refractivity contribution is 0.580. The van der Waals surface area contributed by atoms with Gasteiger partial charge in [-0.3, -0.25) is 0 Å². The van der Waals surface area contributed by atoms with E-state index in [9.17, 15) is 4.39 Å². The van der Waals surface area contributed by atoms with Crippen LogP contribution >= 0.6 is 0 Å². The molecule has 0 saturated carbocycles. The molecule has 0 bridgehead atoms. The standard InChI is InChI=1S/C15H12FN7O/c16-10-4-3-9(17)6-8(10)7-23-14-13(21-22-23)12(19-15(18)20-14)11-2-1-5-24-11/h1-6H,7,17H2,(H2,18,19,20). The van der Waals surface area contributed by atoms with Gasteiger partial charge in [0, 0.05) is 11.3 Å². The summed E-state index contributed by atoms with van der Waals surface area (Å²) in [5, 5.41) is 8.12. The normalized spacial score (nSPS) is 11.2. The lowest BCUT2D eigenvalue weighted by atomic mass is 10.2. The fourth-order valence-electron chi connectivity index (χ4n) is 2.44. The number of fused-ring (bicyclic) bond motifs is 1. The molecule has 4 aromatic rings. The Labute approximate surface area is 134 Å². The average molecular weight is 325 g/mol. The predicted molar refractivity (Wildman–Crippen MR) is 85.1 cm³/mol. The van der Waals surface area contributed by atoms with Crippen LogP contribution in [0.5, 0.6) is 0 Å². The van der Waals surface area contributed by atoms with E-state index in [1.165, 1.54) is 23.1 Å². The van der Waals surface area contributed by atoms with Crippen LogP contribution in [0, 0.1) is 5.82 Å². The highest BCUT2D eigenvalue weighted by atomic mass is 19.1. The van der Waals surface area contributed by atoms with Gasteiger partial charge in [0.25, 0.3) is 0 Å². The van der Waals surface area contributed by atoms with Gasteiger partial charge in [-0.1, -0.05) is 5.21 Å². The highest BCUT2D eigenvalue weighted by Gasteiger charge is 2.17. The zero-order valence-electron chi connectivity index (χ0n) is 12.3. The number of furan rings is 1. The molecule has 4 rings (SSSR count). The summed E-state index contributed by atoms with van der Waals surface area (Å²) in [6.07, 6.45) is 1.52. The fourth-order valence-corrected chi connectivity index (χ4v) is 2.44. The molecule has 4 N–H and O–H groups in total. The molecule has 0 aliphatic carbocycles. The molecule has 3 aromatic heterocycles. The van der Waals surface area contributed by atoms with E-state index in [-0.39, 0.29) is 18.3 Å². The van der Waals surface area contributed by atoms with Crippen molar-refractivity contribution in [3.8, 4) is 11.5 Å². The first-order chi connectivity index (χ1) is 11.6. The number of rotatable bonds is 3. The van der Waals surface area contributed by atoms with Crippen LogP contribution in [-0.2, 0) is 6.54 Å². The van der Waals surface area contributed by atoms with Crippen LogP contribution in [0.1, 0.15) is 5.56 Å².